The van der Waals surface area contributed by atoms with Gasteiger partial charge < -0.3 is 20.7 Å². The SMILES string of the molecule is CN(C)C(=O)[C@H]1CCc2c(sc3ncnc(Nc4cc5cn[nH]c5cc4OCCCN)c23)C1. The first-order valence-corrected chi connectivity index (χ1v) is 11.9. The number of fused-ring (bicyclic) bond motifs is 4. The van der Waals surface area contributed by atoms with Crippen molar-refractivity contribution in [2.75, 3.05) is 32.6 Å². The maximum absolute atomic E-state index is 12.5. The topological polar surface area (TPSA) is 122 Å². The zero-order valence-corrected chi connectivity index (χ0v) is 19.5. The first-order chi connectivity index (χ1) is 16.0. The molecular formula is C23H27N7O2S. The van der Waals surface area contributed by atoms with Crippen LogP contribution in [-0.2, 0) is 17.6 Å². The fourth-order valence-corrected chi connectivity index (χ4v) is 5.63. The summed E-state index contributed by atoms with van der Waals surface area (Å²) in [7, 11) is 3.64. The van der Waals surface area contributed by atoms with Crippen molar-refractivity contribution in [2.24, 2.45) is 11.7 Å². The molecule has 4 N–H and O–H groups in total. The molecule has 1 amide bonds. The Morgan fingerprint density at radius 2 is 2.24 bits per heavy atom. The predicted octanol–water partition coefficient (Wildman–Crippen LogP) is 3.23. The number of aromatic nitrogens is 4. The largest absolute Gasteiger partial charge is 0.491 e. The first kappa shape index (κ1) is 21.6. The van der Waals surface area contributed by atoms with Crippen LogP contribution in [0.3, 0.4) is 0 Å². The van der Waals surface area contributed by atoms with Crippen molar-refractivity contribution < 1.29 is 9.53 Å². The summed E-state index contributed by atoms with van der Waals surface area (Å²) in [5.74, 6) is 1.68. The second-order valence-electron chi connectivity index (χ2n) is 8.50. The fourth-order valence-electron chi connectivity index (χ4n) is 4.36. The number of nitrogens with two attached hydrogens (primary N) is 1. The molecule has 0 saturated carbocycles. The lowest BCUT2D eigenvalue weighted by atomic mass is 9.87. The van der Waals surface area contributed by atoms with E-state index in [1.54, 1.807) is 28.8 Å². The van der Waals surface area contributed by atoms with Gasteiger partial charge in [0, 0.05) is 36.3 Å². The van der Waals surface area contributed by atoms with Crippen molar-refractivity contribution in [3.05, 3.63) is 35.1 Å². The van der Waals surface area contributed by atoms with Gasteiger partial charge in [-0.1, -0.05) is 0 Å². The van der Waals surface area contributed by atoms with E-state index in [0.717, 1.165) is 58.3 Å². The number of amides is 1. The van der Waals surface area contributed by atoms with Crippen molar-refractivity contribution in [3.63, 3.8) is 0 Å². The number of hydrogen-bond donors (Lipinski definition) is 3. The number of nitrogens with one attached hydrogen (secondary N) is 2. The third-order valence-electron chi connectivity index (χ3n) is 6.03. The summed E-state index contributed by atoms with van der Waals surface area (Å²) in [6.45, 7) is 1.10. The maximum Gasteiger partial charge on any atom is 0.225 e. The molecule has 0 saturated heterocycles. The molecule has 5 rings (SSSR count). The lowest BCUT2D eigenvalue weighted by Gasteiger charge is -2.24. The van der Waals surface area contributed by atoms with E-state index in [2.05, 4.69) is 25.5 Å². The van der Waals surface area contributed by atoms with Gasteiger partial charge in [-0.25, -0.2) is 9.97 Å². The monoisotopic (exact) mass is 465 g/mol. The highest BCUT2D eigenvalue weighted by molar-refractivity contribution is 7.19. The van der Waals surface area contributed by atoms with Crippen LogP contribution < -0.4 is 15.8 Å². The first-order valence-electron chi connectivity index (χ1n) is 11.1. The Morgan fingerprint density at radius 1 is 1.36 bits per heavy atom. The van der Waals surface area contributed by atoms with E-state index >= 15 is 0 Å². The molecule has 0 fully saturated rings. The Morgan fingerprint density at radius 3 is 3.06 bits per heavy atom. The highest BCUT2D eigenvalue weighted by atomic mass is 32.1. The molecule has 4 aromatic rings. The van der Waals surface area contributed by atoms with E-state index in [1.165, 1.54) is 10.4 Å². The van der Waals surface area contributed by atoms with Crippen molar-refractivity contribution in [3.8, 4) is 5.75 Å². The van der Waals surface area contributed by atoms with Gasteiger partial charge in [0.05, 0.1) is 29.4 Å². The number of aromatic amines is 1. The van der Waals surface area contributed by atoms with E-state index in [1.807, 2.05) is 26.2 Å². The van der Waals surface area contributed by atoms with E-state index in [9.17, 15) is 4.79 Å². The van der Waals surface area contributed by atoms with Gasteiger partial charge in [-0.3, -0.25) is 9.89 Å². The predicted molar refractivity (Wildman–Crippen MR) is 130 cm³/mol. The molecule has 0 radical (unpaired) electrons. The van der Waals surface area contributed by atoms with Crippen LogP contribution in [0.25, 0.3) is 21.1 Å². The Kier molecular flexibility index (Phi) is 5.86. The molecular weight excluding hydrogens is 438 g/mol. The van der Waals surface area contributed by atoms with Crippen LogP contribution in [0.5, 0.6) is 5.75 Å². The molecule has 172 valence electrons. The molecule has 10 heteroatoms. The summed E-state index contributed by atoms with van der Waals surface area (Å²) in [6.07, 6.45) is 6.56. The highest BCUT2D eigenvalue weighted by Crippen LogP contribution is 2.41. The Labute approximate surface area is 195 Å². The Bertz CT molecular complexity index is 1310. The number of aryl methyl sites for hydroxylation is 1. The number of anilines is 2. The molecule has 1 aromatic carbocycles. The third kappa shape index (κ3) is 4.11. The molecule has 0 bridgehead atoms. The molecule has 3 aromatic heterocycles. The number of carbonyl (C=O) groups excluding carboxylic acids is 1. The number of ether oxygens (including phenoxy) is 1. The molecule has 1 atom stereocenters. The molecule has 0 spiro atoms. The Balaban J connectivity index is 1.51. The van der Waals surface area contributed by atoms with Crippen molar-refractivity contribution in [1.82, 2.24) is 25.1 Å². The summed E-state index contributed by atoms with van der Waals surface area (Å²) in [5, 5.41) is 12.6. The second kappa shape index (κ2) is 8.95. The number of nitrogens with zero attached hydrogens (tertiary/aromatic N) is 4. The minimum absolute atomic E-state index is 0.0241. The van der Waals surface area contributed by atoms with Gasteiger partial charge in [0.15, 0.2) is 0 Å². The van der Waals surface area contributed by atoms with Gasteiger partial charge in [-0.2, -0.15) is 5.10 Å². The van der Waals surface area contributed by atoms with Crippen LogP contribution >= 0.6 is 11.3 Å². The smallest absolute Gasteiger partial charge is 0.225 e. The Hall–Kier alpha value is -3.24. The average Bonchev–Trinajstić information content (AvgIpc) is 3.42. The van der Waals surface area contributed by atoms with Gasteiger partial charge in [-0.15, -0.1) is 11.3 Å². The van der Waals surface area contributed by atoms with Crippen molar-refractivity contribution in [1.29, 1.82) is 0 Å². The summed E-state index contributed by atoms with van der Waals surface area (Å²) in [6, 6.07) is 3.95. The van der Waals surface area contributed by atoms with Crippen LogP contribution in [0.4, 0.5) is 11.5 Å². The van der Waals surface area contributed by atoms with Crippen LogP contribution in [0.1, 0.15) is 23.3 Å². The molecule has 1 aliphatic carbocycles. The fraction of sp³-hybridized carbons (Fsp3) is 0.391. The molecule has 1 aliphatic rings. The van der Waals surface area contributed by atoms with E-state index < -0.39 is 0 Å². The van der Waals surface area contributed by atoms with E-state index in [-0.39, 0.29) is 11.8 Å². The maximum atomic E-state index is 12.5. The lowest BCUT2D eigenvalue weighted by Crippen LogP contribution is -2.32. The van der Waals surface area contributed by atoms with Crippen LogP contribution in [0, 0.1) is 5.92 Å². The van der Waals surface area contributed by atoms with Crippen LogP contribution in [-0.4, -0.2) is 58.2 Å². The summed E-state index contributed by atoms with van der Waals surface area (Å²) in [5.41, 5.74) is 8.60. The lowest BCUT2D eigenvalue weighted by molar-refractivity contribution is -0.133. The van der Waals surface area contributed by atoms with Crippen molar-refractivity contribution >= 4 is 49.9 Å². The zero-order valence-electron chi connectivity index (χ0n) is 18.7. The van der Waals surface area contributed by atoms with Gasteiger partial charge in [-0.05, 0) is 43.9 Å². The number of thiophene rings is 1. The van der Waals surface area contributed by atoms with Crippen LogP contribution in [0.15, 0.2) is 24.7 Å². The standard InChI is InChI=1S/C23H27N7O2S/c1-30(2)23(31)13-4-5-15-19(9-13)33-22-20(15)21(25-12-26-22)28-17-8-14-11-27-29-16(14)10-18(17)32-7-3-6-24/h8,10-13H,3-7,9,24H2,1-2H3,(H,27,29)(H,25,26,28)/t13-/m0/s1. The van der Waals surface area contributed by atoms with Gasteiger partial charge in [0.1, 0.15) is 22.7 Å². The molecule has 0 unspecified atom stereocenters. The number of carbonyl (C=O) groups is 1. The second-order valence-corrected chi connectivity index (χ2v) is 9.58. The molecule has 0 aliphatic heterocycles. The number of hydrogen-bond acceptors (Lipinski definition) is 8. The van der Waals surface area contributed by atoms with Crippen molar-refractivity contribution in [2.45, 2.75) is 25.7 Å². The normalized spacial score (nSPS) is 15.5. The van der Waals surface area contributed by atoms with Gasteiger partial charge >= 0.3 is 0 Å². The number of H-pyrrole nitrogens is 1. The van der Waals surface area contributed by atoms with Gasteiger partial charge in [0.25, 0.3) is 0 Å². The average molecular weight is 466 g/mol. The number of benzene rings is 1. The summed E-state index contributed by atoms with van der Waals surface area (Å²) >= 11 is 1.66. The van der Waals surface area contributed by atoms with Gasteiger partial charge in [0.2, 0.25) is 5.91 Å². The molecule has 9 nitrogen and oxygen atoms in total. The highest BCUT2D eigenvalue weighted by Gasteiger charge is 2.30. The minimum atomic E-state index is 0.0241. The zero-order chi connectivity index (χ0) is 22.9. The molecule has 33 heavy (non-hydrogen) atoms. The van der Waals surface area contributed by atoms with E-state index in [4.69, 9.17) is 10.5 Å². The number of rotatable bonds is 7. The quantitative estimate of drug-likeness (QED) is 0.358. The minimum Gasteiger partial charge on any atom is -0.491 e. The third-order valence-corrected chi connectivity index (χ3v) is 7.20. The van der Waals surface area contributed by atoms with Crippen LogP contribution in [0.2, 0.25) is 0 Å². The summed E-state index contributed by atoms with van der Waals surface area (Å²) in [4.78, 5) is 25.5. The molecule has 3 heterocycles. The van der Waals surface area contributed by atoms with E-state index in [0.29, 0.717) is 18.9 Å². The summed E-state index contributed by atoms with van der Waals surface area (Å²) < 4.78 is 6.02.